The number of primary amides is 1. The molecule has 1 saturated heterocycles. The average molecular weight is 236 g/mol. The number of aldehydes is 1. The molecule has 5 heteroatoms. The second-order valence-electron chi connectivity index (χ2n) is 4.13. The monoisotopic (exact) mass is 236 g/mol. The zero-order valence-corrected chi connectivity index (χ0v) is 9.23. The number of carbonyl (C=O) groups is 2. The van der Waals surface area contributed by atoms with Crippen LogP contribution >= 0.6 is 0 Å². The van der Waals surface area contributed by atoms with Gasteiger partial charge in [0.05, 0.1) is 11.6 Å². The number of rotatable bonds is 3. The van der Waals surface area contributed by atoms with Crippen molar-refractivity contribution in [3.05, 3.63) is 29.6 Å². The smallest absolute Gasteiger partial charge is 0.222 e. The molecule has 0 spiro atoms. The van der Waals surface area contributed by atoms with E-state index in [1.807, 2.05) is 0 Å². The summed E-state index contributed by atoms with van der Waals surface area (Å²) in [6, 6.07) is 4.35. The summed E-state index contributed by atoms with van der Waals surface area (Å²) in [5, 5.41) is 0. The van der Waals surface area contributed by atoms with Crippen molar-refractivity contribution in [2.75, 3.05) is 18.0 Å². The van der Waals surface area contributed by atoms with E-state index in [0.717, 1.165) is 0 Å². The minimum absolute atomic E-state index is 0.269. The number of benzene rings is 1. The van der Waals surface area contributed by atoms with Gasteiger partial charge in [-0.05, 0) is 18.6 Å². The maximum Gasteiger partial charge on any atom is 0.222 e. The van der Waals surface area contributed by atoms with Crippen LogP contribution in [0.5, 0.6) is 0 Å². The standard InChI is InChI=1S/C12H13FN2O2/c13-10-3-1-2-9(7-16)11(10)15-5-4-8(6-15)12(14)17/h1-3,7-8H,4-6H2,(H2,14,17). The summed E-state index contributed by atoms with van der Waals surface area (Å²) in [6.07, 6.45) is 1.22. The first-order valence-electron chi connectivity index (χ1n) is 5.41. The van der Waals surface area contributed by atoms with Crippen molar-refractivity contribution in [2.45, 2.75) is 6.42 Å². The Bertz CT molecular complexity index is 462. The van der Waals surface area contributed by atoms with Gasteiger partial charge in [0.25, 0.3) is 0 Å². The number of hydrogen-bond donors (Lipinski definition) is 1. The third-order valence-electron chi connectivity index (χ3n) is 3.05. The molecule has 17 heavy (non-hydrogen) atoms. The van der Waals surface area contributed by atoms with Gasteiger partial charge in [-0.3, -0.25) is 9.59 Å². The molecule has 1 atom stereocenters. The van der Waals surface area contributed by atoms with Crippen LogP contribution in [0.2, 0.25) is 0 Å². The maximum absolute atomic E-state index is 13.7. The fraction of sp³-hybridized carbons (Fsp3) is 0.333. The highest BCUT2D eigenvalue weighted by molar-refractivity contribution is 5.85. The summed E-state index contributed by atoms with van der Waals surface area (Å²) in [7, 11) is 0. The number of halogens is 1. The SMILES string of the molecule is NC(=O)C1CCN(c2c(F)cccc2C=O)C1. The number of hydrogen-bond acceptors (Lipinski definition) is 3. The van der Waals surface area contributed by atoms with E-state index in [2.05, 4.69) is 0 Å². The molecule has 1 aromatic rings. The first-order chi connectivity index (χ1) is 8.13. The second kappa shape index (κ2) is 4.53. The van der Waals surface area contributed by atoms with Crippen LogP contribution < -0.4 is 10.6 Å². The predicted octanol–water partition coefficient (Wildman–Crippen LogP) is 0.950. The van der Waals surface area contributed by atoms with E-state index in [4.69, 9.17) is 5.73 Å². The van der Waals surface area contributed by atoms with Crippen molar-refractivity contribution in [3.8, 4) is 0 Å². The highest BCUT2D eigenvalue weighted by atomic mass is 19.1. The van der Waals surface area contributed by atoms with Gasteiger partial charge in [0.15, 0.2) is 6.29 Å². The van der Waals surface area contributed by atoms with Gasteiger partial charge in [-0.25, -0.2) is 4.39 Å². The Morgan fingerprint density at radius 2 is 2.29 bits per heavy atom. The molecule has 0 saturated carbocycles. The summed E-state index contributed by atoms with van der Waals surface area (Å²) in [6.45, 7) is 0.909. The highest BCUT2D eigenvalue weighted by Crippen LogP contribution is 2.28. The van der Waals surface area contributed by atoms with E-state index in [1.54, 1.807) is 11.0 Å². The lowest BCUT2D eigenvalue weighted by Crippen LogP contribution is -2.28. The molecule has 1 unspecified atom stereocenters. The number of carbonyl (C=O) groups excluding carboxylic acids is 2. The molecule has 0 aliphatic carbocycles. The molecule has 4 nitrogen and oxygen atoms in total. The normalized spacial score (nSPS) is 19.4. The molecule has 1 aromatic carbocycles. The number of amides is 1. The minimum atomic E-state index is -0.445. The van der Waals surface area contributed by atoms with E-state index >= 15 is 0 Å². The van der Waals surface area contributed by atoms with Crippen LogP contribution in [-0.2, 0) is 4.79 Å². The van der Waals surface area contributed by atoms with Crippen LogP contribution in [0, 0.1) is 11.7 Å². The lowest BCUT2D eigenvalue weighted by Gasteiger charge is -2.20. The van der Waals surface area contributed by atoms with Crippen LogP contribution in [0.4, 0.5) is 10.1 Å². The first-order valence-corrected chi connectivity index (χ1v) is 5.41. The third kappa shape index (κ3) is 2.13. The summed E-state index contributed by atoms with van der Waals surface area (Å²) in [5.41, 5.74) is 5.79. The second-order valence-corrected chi connectivity index (χ2v) is 4.13. The van der Waals surface area contributed by atoms with Crippen molar-refractivity contribution in [3.63, 3.8) is 0 Å². The van der Waals surface area contributed by atoms with E-state index in [-0.39, 0.29) is 17.5 Å². The summed E-state index contributed by atoms with van der Waals surface area (Å²) in [4.78, 5) is 23.6. The molecule has 2 N–H and O–H groups in total. The Labute approximate surface area is 98.2 Å². The summed E-state index contributed by atoms with van der Waals surface area (Å²) in [5.74, 6) is -1.09. The Hall–Kier alpha value is -1.91. The van der Waals surface area contributed by atoms with Crippen LogP contribution in [0.1, 0.15) is 16.8 Å². The van der Waals surface area contributed by atoms with Gasteiger partial charge in [0.2, 0.25) is 5.91 Å². The molecule has 1 aliphatic rings. The Balaban J connectivity index is 2.30. The minimum Gasteiger partial charge on any atom is -0.369 e. The molecule has 1 fully saturated rings. The molecule has 0 bridgehead atoms. The molecule has 1 aliphatic heterocycles. The Morgan fingerprint density at radius 1 is 1.53 bits per heavy atom. The van der Waals surface area contributed by atoms with Gasteiger partial charge >= 0.3 is 0 Å². The van der Waals surface area contributed by atoms with Crippen LogP contribution in [0.15, 0.2) is 18.2 Å². The number of nitrogens with zero attached hydrogens (tertiary/aromatic N) is 1. The molecular formula is C12H13FN2O2. The van der Waals surface area contributed by atoms with E-state index in [0.29, 0.717) is 31.4 Å². The van der Waals surface area contributed by atoms with E-state index in [9.17, 15) is 14.0 Å². The predicted molar refractivity (Wildman–Crippen MR) is 61.3 cm³/mol. The van der Waals surface area contributed by atoms with Crippen molar-refractivity contribution in [1.29, 1.82) is 0 Å². The molecule has 2 rings (SSSR count). The van der Waals surface area contributed by atoms with Crippen molar-refractivity contribution >= 4 is 17.9 Å². The topological polar surface area (TPSA) is 63.4 Å². The summed E-state index contributed by atoms with van der Waals surface area (Å²) >= 11 is 0. The van der Waals surface area contributed by atoms with Gasteiger partial charge < -0.3 is 10.6 Å². The molecule has 1 heterocycles. The van der Waals surface area contributed by atoms with Gasteiger partial charge in [0, 0.05) is 18.7 Å². The van der Waals surface area contributed by atoms with E-state index in [1.165, 1.54) is 12.1 Å². The largest absolute Gasteiger partial charge is 0.369 e. The average Bonchev–Trinajstić information content (AvgIpc) is 2.77. The molecule has 1 amide bonds. The Kier molecular flexibility index (Phi) is 3.08. The Morgan fingerprint density at radius 3 is 2.88 bits per heavy atom. The first kappa shape index (κ1) is 11.6. The zero-order valence-electron chi connectivity index (χ0n) is 9.23. The fourth-order valence-corrected chi connectivity index (χ4v) is 2.16. The molecule has 90 valence electrons. The number of para-hydroxylation sites is 1. The van der Waals surface area contributed by atoms with Gasteiger partial charge in [-0.15, -0.1) is 0 Å². The zero-order chi connectivity index (χ0) is 12.4. The van der Waals surface area contributed by atoms with Crippen LogP contribution in [-0.4, -0.2) is 25.3 Å². The van der Waals surface area contributed by atoms with Gasteiger partial charge in [0.1, 0.15) is 5.82 Å². The molecule has 0 aromatic heterocycles. The van der Waals surface area contributed by atoms with Crippen molar-refractivity contribution in [1.82, 2.24) is 0 Å². The van der Waals surface area contributed by atoms with Gasteiger partial charge in [-0.1, -0.05) is 6.07 Å². The third-order valence-corrected chi connectivity index (χ3v) is 3.05. The van der Waals surface area contributed by atoms with Crippen LogP contribution in [0.25, 0.3) is 0 Å². The molecular weight excluding hydrogens is 223 g/mol. The fourth-order valence-electron chi connectivity index (χ4n) is 2.16. The molecule has 0 radical (unpaired) electrons. The summed E-state index contributed by atoms with van der Waals surface area (Å²) < 4.78 is 13.7. The quantitative estimate of drug-likeness (QED) is 0.795. The number of anilines is 1. The van der Waals surface area contributed by atoms with Gasteiger partial charge in [-0.2, -0.15) is 0 Å². The number of nitrogens with two attached hydrogens (primary N) is 1. The van der Waals surface area contributed by atoms with Crippen molar-refractivity contribution < 1.29 is 14.0 Å². The lowest BCUT2D eigenvalue weighted by atomic mass is 10.1. The van der Waals surface area contributed by atoms with Crippen molar-refractivity contribution in [2.24, 2.45) is 11.7 Å². The van der Waals surface area contributed by atoms with E-state index < -0.39 is 5.82 Å². The lowest BCUT2D eigenvalue weighted by molar-refractivity contribution is -0.121. The maximum atomic E-state index is 13.7. The highest BCUT2D eigenvalue weighted by Gasteiger charge is 2.29. The van der Waals surface area contributed by atoms with Crippen LogP contribution in [0.3, 0.4) is 0 Å².